The predicted molar refractivity (Wildman–Crippen MR) is 106 cm³/mol. The van der Waals surface area contributed by atoms with Crippen molar-refractivity contribution in [1.82, 2.24) is 10.2 Å². The second-order valence-electron chi connectivity index (χ2n) is 5.69. The Morgan fingerprint density at radius 2 is 1.72 bits per heavy atom. The van der Waals surface area contributed by atoms with Crippen molar-refractivity contribution < 1.29 is 4.79 Å². The molecule has 1 heterocycles. The number of thiocarbonyl (C=S) groups is 1. The molecule has 2 aromatic carbocycles. The number of hydrogen-bond donors (Lipinski definition) is 1. The van der Waals surface area contributed by atoms with Crippen LogP contribution < -0.4 is 5.32 Å². The van der Waals surface area contributed by atoms with Gasteiger partial charge in [0.15, 0.2) is 5.11 Å². The summed E-state index contributed by atoms with van der Waals surface area (Å²) in [6.07, 6.45) is 3.41. The molecule has 2 aromatic rings. The average molecular weight is 369 g/mol. The highest BCUT2D eigenvalue weighted by atomic mass is 35.5. The maximum atomic E-state index is 12.7. The maximum absolute atomic E-state index is 12.7. The molecule has 126 valence electrons. The van der Waals surface area contributed by atoms with E-state index >= 15 is 0 Å². The van der Waals surface area contributed by atoms with Crippen molar-refractivity contribution in [1.29, 1.82) is 0 Å². The summed E-state index contributed by atoms with van der Waals surface area (Å²) in [5, 5.41) is 3.81. The van der Waals surface area contributed by atoms with E-state index in [1.807, 2.05) is 67.6 Å². The molecule has 1 atom stereocenters. The van der Waals surface area contributed by atoms with Gasteiger partial charge in [-0.3, -0.25) is 9.69 Å². The zero-order valence-corrected chi connectivity index (χ0v) is 15.2. The fraction of sp³-hybridized carbons (Fsp3) is 0.100. The topological polar surface area (TPSA) is 32.3 Å². The summed E-state index contributed by atoms with van der Waals surface area (Å²) < 4.78 is 0. The summed E-state index contributed by atoms with van der Waals surface area (Å²) in [6.45, 7) is 1.95. The minimum Gasteiger partial charge on any atom is -0.328 e. The molecular formula is C20H17ClN2OS. The number of nitrogens with zero attached hydrogens (tertiary/aromatic N) is 1. The number of carbonyl (C=O) groups excluding carboxylic acids is 1. The number of carbonyl (C=O) groups is 1. The van der Waals surface area contributed by atoms with Crippen LogP contribution in [0.4, 0.5) is 0 Å². The number of hydrogen-bond acceptors (Lipinski definition) is 2. The number of benzene rings is 2. The molecule has 1 unspecified atom stereocenters. The second kappa shape index (κ2) is 7.64. The highest BCUT2D eigenvalue weighted by molar-refractivity contribution is 7.80. The zero-order valence-electron chi connectivity index (χ0n) is 13.6. The van der Waals surface area contributed by atoms with Crippen LogP contribution in [-0.2, 0) is 4.79 Å². The lowest BCUT2D eigenvalue weighted by molar-refractivity contribution is -0.123. The van der Waals surface area contributed by atoms with Gasteiger partial charge in [-0.15, -0.1) is 0 Å². The normalized spacial score (nSPS) is 17.8. The van der Waals surface area contributed by atoms with E-state index in [9.17, 15) is 4.79 Å². The van der Waals surface area contributed by atoms with Gasteiger partial charge in [-0.2, -0.15) is 0 Å². The summed E-state index contributed by atoms with van der Waals surface area (Å²) in [6, 6.07) is 19.3. The van der Waals surface area contributed by atoms with Gasteiger partial charge in [0.25, 0.3) is 5.91 Å². The van der Waals surface area contributed by atoms with Gasteiger partial charge in [0.1, 0.15) is 5.70 Å². The van der Waals surface area contributed by atoms with Crippen molar-refractivity contribution in [2.75, 3.05) is 0 Å². The van der Waals surface area contributed by atoms with Crippen LogP contribution in [-0.4, -0.2) is 15.9 Å². The molecule has 0 aliphatic carbocycles. The van der Waals surface area contributed by atoms with E-state index < -0.39 is 0 Å². The van der Waals surface area contributed by atoms with Crippen molar-refractivity contribution >= 4 is 40.9 Å². The van der Waals surface area contributed by atoms with Crippen molar-refractivity contribution in [2.24, 2.45) is 0 Å². The van der Waals surface area contributed by atoms with E-state index in [1.54, 1.807) is 17.1 Å². The maximum Gasteiger partial charge on any atom is 0.277 e. The molecule has 1 saturated heterocycles. The standard InChI is InChI=1S/C20H17ClN2OS/c1-14(16-10-6-3-7-11-16)23-19(24)18(22-20(23)25)13-17(21)12-15-8-4-2-5-9-15/h2-14H,1H3,(H,22,25)/b17-12-,18-13-. The summed E-state index contributed by atoms with van der Waals surface area (Å²) >= 11 is 11.6. The van der Waals surface area contributed by atoms with E-state index in [-0.39, 0.29) is 11.9 Å². The Morgan fingerprint density at radius 1 is 1.12 bits per heavy atom. The molecule has 0 radical (unpaired) electrons. The smallest absolute Gasteiger partial charge is 0.277 e. The molecule has 25 heavy (non-hydrogen) atoms. The molecule has 0 bridgehead atoms. The third-order valence-electron chi connectivity index (χ3n) is 3.97. The van der Waals surface area contributed by atoms with Crippen LogP contribution in [0.2, 0.25) is 0 Å². The molecule has 1 amide bonds. The van der Waals surface area contributed by atoms with E-state index in [1.165, 1.54) is 0 Å². The first-order chi connectivity index (χ1) is 12.1. The first-order valence-electron chi connectivity index (χ1n) is 7.89. The molecule has 3 nitrogen and oxygen atoms in total. The van der Waals surface area contributed by atoms with Crippen LogP contribution >= 0.6 is 23.8 Å². The van der Waals surface area contributed by atoms with Gasteiger partial charge >= 0.3 is 0 Å². The lowest BCUT2D eigenvalue weighted by atomic mass is 10.1. The first-order valence-corrected chi connectivity index (χ1v) is 8.68. The van der Waals surface area contributed by atoms with Crippen molar-refractivity contribution in [3.8, 4) is 0 Å². The lowest BCUT2D eigenvalue weighted by Crippen LogP contribution is -2.33. The lowest BCUT2D eigenvalue weighted by Gasteiger charge is -2.23. The molecule has 1 fully saturated rings. The van der Waals surface area contributed by atoms with Gasteiger partial charge in [-0.25, -0.2) is 0 Å². The van der Waals surface area contributed by atoms with E-state index in [4.69, 9.17) is 23.8 Å². The van der Waals surface area contributed by atoms with Gasteiger partial charge in [-0.05, 0) is 42.4 Å². The van der Waals surface area contributed by atoms with Crippen LogP contribution in [0.25, 0.3) is 6.08 Å². The van der Waals surface area contributed by atoms with Crippen LogP contribution in [0.5, 0.6) is 0 Å². The molecule has 5 heteroatoms. The van der Waals surface area contributed by atoms with Crippen molar-refractivity contribution in [3.63, 3.8) is 0 Å². The van der Waals surface area contributed by atoms with E-state index in [2.05, 4.69) is 5.32 Å². The van der Waals surface area contributed by atoms with Crippen LogP contribution in [0.15, 0.2) is 77.5 Å². The van der Waals surface area contributed by atoms with Gasteiger partial charge in [-0.1, -0.05) is 72.3 Å². The fourth-order valence-electron chi connectivity index (χ4n) is 2.67. The first kappa shape index (κ1) is 17.4. The summed E-state index contributed by atoms with van der Waals surface area (Å²) in [5.41, 5.74) is 2.36. The Morgan fingerprint density at radius 3 is 2.36 bits per heavy atom. The third-order valence-corrected chi connectivity index (χ3v) is 4.48. The number of halogens is 1. The monoisotopic (exact) mass is 368 g/mol. The molecule has 0 spiro atoms. The molecule has 0 saturated carbocycles. The largest absolute Gasteiger partial charge is 0.328 e. The van der Waals surface area contributed by atoms with E-state index in [0.717, 1.165) is 11.1 Å². The second-order valence-corrected chi connectivity index (χ2v) is 6.51. The Labute approximate surface area is 157 Å². The molecule has 1 N–H and O–H groups in total. The number of allylic oxidation sites excluding steroid dienone is 2. The van der Waals surface area contributed by atoms with Gasteiger partial charge < -0.3 is 5.32 Å². The number of rotatable bonds is 4. The van der Waals surface area contributed by atoms with Gasteiger partial charge in [0.2, 0.25) is 0 Å². The van der Waals surface area contributed by atoms with Gasteiger partial charge in [0.05, 0.1) is 6.04 Å². The van der Waals surface area contributed by atoms with Crippen LogP contribution in [0, 0.1) is 0 Å². The minimum atomic E-state index is -0.180. The Bertz CT molecular complexity index is 847. The molecule has 1 aliphatic rings. The average Bonchev–Trinajstić information content (AvgIpc) is 2.89. The Hall–Kier alpha value is -2.43. The highest BCUT2D eigenvalue weighted by Crippen LogP contribution is 2.26. The van der Waals surface area contributed by atoms with E-state index in [0.29, 0.717) is 15.8 Å². The predicted octanol–water partition coefficient (Wildman–Crippen LogP) is 4.63. The molecule has 0 aromatic heterocycles. The van der Waals surface area contributed by atoms with Gasteiger partial charge in [0, 0.05) is 5.03 Å². The summed E-state index contributed by atoms with van der Waals surface area (Å²) in [7, 11) is 0. The SMILES string of the molecule is CC(c1ccccc1)N1C(=O)/C(=C/C(Cl)=C/c2ccccc2)NC1=S. The quantitative estimate of drug-likeness (QED) is 0.631. The minimum absolute atomic E-state index is 0.156. The number of nitrogens with one attached hydrogen (secondary N) is 1. The van der Waals surface area contributed by atoms with Crippen LogP contribution in [0.1, 0.15) is 24.1 Å². The summed E-state index contributed by atoms with van der Waals surface area (Å²) in [4.78, 5) is 14.3. The fourth-order valence-corrected chi connectivity index (χ4v) is 3.26. The van der Waals surface area contributed by atoms with Crippen molar-refractivity contribution in [3.05, 3.63) is 88.6 Å². The summed E-state index contributed by atoms with van der Waals surface area (Å²) in [5.74, 6) is -0.180. The number of amides is 1. The Kier molecular flexibility index (Phi) is 5.31. The third kappa shape index (κ3) is 3.98. The van der Waals surface area contributed by atoms with Crippen molar-refractivity contribution in [2.45, 2.75) is 13.0 Å². The Balaban J connectivity index is 1.82. The molecule has 3 rings (SSSR count). The molecular weight excluding hydrogens is 352 g/mol. The molecule has 1 aliphatic heterocycles. The highest BCUT2D eigenvalue weighted by Gasteiger charge is 2.34. The van der Waals surface area contributed by atoms with Crippen LogP contribution in [0.3, 0.4) is 0 Å². The zero-order chi connectivity index (χ0) is 17.8.